The molecule has 0 spiro atoms. The van der Waals surface area contributed by atoms with Gasteiger partial charge in [-0.05, 0) is 45.3 Å². The summed E-state index contributed by atoms with van der Waals surface area (Å²) in [4.78, 5) is 2.19. The van der Waals surface area contributed by atoms with Crippen LogP contribution < -0.4 is 5.32 Å². The maximum atomic E-state index is 5.84. The Kier molecular flexibility index (Phi) is 5.09. The molecule has 15 heavy (non-hydrogen) atoms. The van der Waals surface area contributed by atoms with Gasteiger partial charge in [-0.2, -0.15) is 0 Å². The minimum atomic E-state index is 0.487. The van der Waals surface area contributed by atoms with E-state index in [0.29, 0.717) is 6.04 Å². The summed E-state index contributed by atoms with van der Waals surface area (Å²) < 4.78 is 0. The van der Waals surface area contributed by atoms with E-state index in [9.17, 15) is 0 Å². The zero-order chi connectivity index (χ0) is 11.3. The van der Waals surface area contributed by atoms with Gasteiger partial charge in [-0.25, -0.2) is 0 Å². The third-order valence-corrected chi connectivity index (χ3v) is 2.64. The number of nitrogens with one attached hydrogen (secondary N) is 1. The lowest BCUT2D eigenvalue weighted by Gasteiger charge is -2.20. The van der Waals surface area contributed by atoms with E-state index in [0.717, 1.165) is 18.0 Å². The smallest absolute Gasteiger partial charge is 0.0406 e. The van der Waals surface area contributed by atoms with Gasteiger partial charge in [0.05, 0.1) is 0 Å². The molecule has 1 aromatic rings. The molecule has 0 amide bonds. The van der Waals surface area contributed by atoms with Crippen LogP contribution in [0.2, 0.25) is 5.02 Å². The zero-order valence-electron chi connectivity index (χ0n) is 9.63. The van der Waals surface area contributed by atoms with Crippen LogP contribution in [-0.4, -0.2) is 38.6 Å². The van der Waals surface area contributed by atoms with Crippen LogP contribution >= 0.6 is 11.6 Å². The van der Waals surface area contributed by atoms with Gasteiger partial charge in [0.2, 0.25) is 0 Å². The van der Waals surface area contributed by atoms with Crippen molar-refractivity contribution < 1.29 is 0 Å². The number of halogens is 1. The average Bonchev–Trinajstić information content (AvgIpc) is 2.19. The van der Waals surface area contributed by atoms with Crippen molar-refractivity contribution in [2.75, 3.05) is 27.7 Å². The van der Waals surface area contributed by atoms with Gasteiger partial charge in [0.1, 0.15) is 0 Å². The molecule has 1 N–H and O–H groups in total. The van der Waals surface area contributed by atoms with Crippen LogP contribution in [0.3, 0.4) is 0 Å². The first-order valence-electron chi connectivity index (χ1n) is 5.18. The molecule has 1 aromatic carbocycles. The molecule has 2 nitrogen and oxygen atoms in total. The molecule has 0 aliphatic heterocycles. The lowest BCUT2D eigenvalue weighted by atomic mass is 10.1. The van der Waals surface area contributed by atoms with E-state index in [1.165, 1.54) is 5.56 Å². The Hall–Kier alpha value is -0.570. The first-order valence-corrected chi connectivity index (χ1v) is 5.56. The van der Waals surface area contributed by atoms with Gasteiger partial charge < -0.3 is 10.2 Å². The predicted octanol–water partition coefficient (Wildman–Crippen LogP) is 2.03. The van der Waals surface area contributed by atoms with E-state index in [4.69, 9.17) is 11.6 Å². The van der Waals surface area contributed by atoms with Gasteiger partial charge in [-0.3, -0.25) is 0 Å². The van der Waals surface area contributed by atoms with Gasteiger partial charge in [0.25, 0.3) is 0 Å². The third kappa shape index (κ3) is 4.65. The first kappa shape index (κ1) is 12.5. The average molecular weight is 227 g/mol. The topological polar surface area (TPSA) is 15.3 Å². The van der Waals surface area contributed by atoms with E-state index in [2.05, 4.69) is 36.4 Å². The van der Waals surface area contributed by atoms with Gasteiger partial charge in [0.15, 0.2) is 0 Å². The van der Waals surface area contributed by atoms with E-state index < -0.39 is 0 Å². The second-order valence-corrected chi connectivity index (χ2v) is 4.51. The van der Waals surface area contributed by atoms with E-state index in [1.54, 1.807) is 0 Å². The molecule has 0 aliphatic rings. The standard InChI is InChI=1S/C12H19ClN2/c1-14-12(9-15(2)3)8-10-4-6-11(13)7-5-10/h4-7,12,14H,8-9H2,1-3H3/t12-/m0/s1. The highest BCUT2D eigenvalue weighted by Crippen LogP contribution is 2.11. The summed E-state index contributed by atoms with van der Waals surface area (Å²) in [7, 11) is 6.18. The SMILES string of the molecule is CN[C@@H](Cc1ccc(Cl)cc1)CN(C)C. The molecule has 1 rings (SSSR count). The van der Waals surface area contributed by atoms with E-state index in [-0.39, 0.29) is 0 Å². The van der Waals surface area contributed by atoms with Crippen molar-refractivity contribution in [1.82, 2.24) is 10.2 Å². The molecule has 0 aromatic heterocycles. The highest BCUT2D eigenvalue weighted by atomic mass is 35.5. The summed E-state index contributed by atoms with van der Waals surface area (Å²) in [6, 6.07) is 8.55. The molecule has 84 valence electrons. The van der Waals surface area contributed by atoms with Crippen LogP contribution in [0.4, 0.5) is 0 Å². The highest BCUT2D eigenvalue weighted by molar-refractivity contribution is 6.30. The quantitative estimate of drug-likeness (QED) is 0.827. The van der Waals surface area contributed by atoms with Crippen LogP contribution in [0.5, 0.6) is 0 Å². The summed E-state index contributed by atoms with van der Waals surface area (Å²) in [5.74, 6) is 0. The number of rotatable bonds is 5. The number of nitrogens with zero attached hydrogens (tertiary/aromatic N) is 1. The van der Waals surface area contributed by atoms with E-state index in [1.807, 2.05) is 19.2 Å². The highest BCUT2D eigenvalue weighted by Gasteiger charge is 2.07. The molecule has 1 atom stereocenters. The van der Waals surface area contributed by atoms with Crippen LogP contribution in [0, 0.1) is 0 Å². The summed E-state index contributed by atoms with van der Waals surface area (Å²) >= 11 is 5.84. The monoisotopic (exact) mass is 226 g/mol. The van der Waals surface area contributed by atoms with Crippen molar-refractivity contribution in [2.45, 2.75) is 12.5 Å². The summed E-state index contributed by atoms with van der Waals surface area (Å²) in [6.07, 6.45) is 1.03. The molecular weight excluding hydrogens is 208 g/mol. The molecule has 0 fully saturated rings. The molecule has 0 heterocycles. The summed E-state index contributed by atoms with van der Waals surface area (Å²) in [5.41, 5.74) is 1.32. The Balaban J connectivity index is 2.54. The van der Waals surface area contributed by atoms with E-state index >= 15 is 0 Å². The molecule has 0 radical (unpaired) electrons. The molecule has 0 aliphatic carbocycles. The minimum absolute atomic E-state index is 0.487. The molecule has 0 saturated carbocycles. The van der Waals surface area contributed by atoms with Crippen molar-refractivity contribution in [3.8, 4) is 0 Å². The molecule has 3 heteroatoms. The zero-order valence-corrected chi connectivity index (χ0v) is 10.4. The number of likely N-dealkylation sites (N-methyl/N-ethyl adjacent to an activating group) is 2. The first-order chi connectivity index (χ1) is 7.11. The Bertz CT molecular complexity index is 282. The molecule has 0 saturated heterocycles. The van der Waals surface area contributed by atoms with Crippen molar-refractivity contribution in [3.63, 3.8) is 0 Å². The van der Waals surface area contributed by atoms with Crippen molar-refractivity contribution in [1.29, 1.82) is 0 Å². The maximum Gasteiger partial charge on any atom is 0.0406 e. The lowest BCUT2D eigenvalue weighted by Crippen LogP contribution is -2.37. The maximum absolute atomic E-state index is 5.84. The molecular formula is C12H19ClN2. The lowest BCUT2D eigenvalue weighted by molar-refractivity contribution is 0.346. The normalized spacial score (nSPS) is 13.1. The Morgan fingerprint density at radius 2 is 1.87 bits per heavy atom. The van der Waals surface area contributed by atoms with Crippen LogP contribution in [0.25, 0.3) is 0 Å². The largest absolute Gasteiger partial charge is 0.315 e. The minimum Gasteiger partial charge on any atom is -0.315 e. The van der Waals surface area contributed by atoms with Crippen LogP contribution in [0.15, 0.2) is 24.3 Å². The Morgan fingerprint density at radius 1 is 1.27 bits per heavy atom. The fourth-order valence-electron chi connectivity index (χ4n) is 1.60. The predicted molar refractivity (Wildman–Crippen MR) is 66.6 cm³/mol. The van der Waals surface area contributed by atoms with Crippen molar-refractivity contribution in [2.24, 2.45) is 0 Å². The third-order valence-electron chi connectivity index (χ3n) is 2.39. The van der Waals surface area contributed by atoms with Crippen LogP contribution in [0.1, 0.15) is 5.56 Å². The van der Waals surface area contributed by atoms with Gasteiger partial charge in [-0.15, -0.1) is 0 Å². The second kappa shape index (κ2) is 6.11. The Labute approximate surface area is 97.2 Å². The van der Waals surface area contributed by atoms with Crippen molar-refractivity contribution in [3.05, 3.63) is 34.9 Å². The summed E-state index contributed by atoms with van der Waals surface area (Å²) in [6.45, 7) is 1.04. The number of benzene rings is 1. The van der Waals surface area contributed by atoms with Gasteiger partial charge in [0, 0.05) is 17.6 Å². The fourth-order valence-corrected chi connectivity index (χ4v) is 1.73. The Morgan fingerprint density at radius 3 is 2.33 bits per heavy atom. The van der Waals surface area contributed by atoms with Gasteiger partial charge in [-0.1, -0.05) is 23.7 Å². The summed E-state index contributed by atoms with van der Waals surface area (Å²) in [5, 5.41) is 4.12. The van der Waals surface area contributed by atoms with Crippen molar-refractivity contribution >= 4 is 11.6 Å². The van der Waals surface area contributed by atoms with Crippen LogP contribution in [-0.2, 0) is 6.42 Å². The second-order valence-electron chi connectivity index (χ2n) is 4.08. The molecule has 0 bridgehead atoms. The number of hydrogen-bond acceptors (Lipinski definition) is 2. The number of hydrogen-bond donors (Lipinski definition) is 1. The fraction of sp³-hybridized carbons (Fsp3) is 0.500. The van der Waals surface area contributed by atoms with Gasteiger partial charge >= 0.3 is 0 Å². The molecule has 0 unspecified atom stereocenters.